The van der Waals surface area contributed by atoms with Crippen molar-refractivity contribution >= 4 is 33.1 Å². The molecule has 126 valence electrons. The zero-order chi connectivity index (χ0) is 17.5. The molecule has 2 heterocycles. The van der Waals surface area contributed by atoms with Crippen LogP contribution in [0, 0.1) is 0 Å². The Hall–Kier alpha value is -3.46. The predicted octanol–water partition coefficient (Wildman–Crippen LogP) is 5.34. The number of benzene rings is 3. The molecule has 1 aromatic heterocycles. The van der Waals surface area contributed by atoms with Gasteiger partial charge in [-0.2, -0.15) is 0 Å². The summed E-state index contributed by atoms with van der Waals surface area (Å²) in [6.07, 6.45) is 6.33. The number of anilines is 1. The zero-order valence-corrected chi connectivity index (χ0v) is 14.6. The third-order valence-corrected chi connectivity index (χ3v) is 5.00. The molecule has 4 aromatic rings. The summed E-state index contributed by atoms with van der Waals surface area (Å²) in [4.78, 5) is 2.15. The molecule has 1 N–H and O–H groups in total. The Morgan fingerprint density at radius 3 is 2.12 bits per heavy atom. The van der Waals surface area contributed by atoms with E-state index in [9.17, 15) is 0 Å². The first-order chi connectivity index (χ1) is 12.8. The monoisotopic (exact) mass is 337 g/mol. The lowest BCUT2D eigenvalue weighted by Gasteiger charge is -2.23. The van der Waals surface area contributed by atoms with Crippen molar-refractivity contribution < 1.29 is 0 Å². The van der Waals surface area contributed by atoms with Gasteiger partial charge in [-0.15, -0.1) is 0 Å². The van der Waals surface area contributed by atoms with E-state index in [1.165, 1.54) is 38.6 Å². The number of nitrogens with zero attached hydrogens (tertiary/aromatic N) is 2. The van der Waals surface area contributed by atoms with Crippen molar-refractivity contribution in [2.45, 2.75) is 0 Å². The van der Waals surface area contributed by atoms with E-state index in [0.717, 1.165) is 0 Å². The molecule has 3 aromatic carbocycles. The SMILES string of the molecule is CN1C=CC(=CNn2c3ccccc3c3ccccc32)c2ccccc21. The number of fused-ring (bicyclic) bond motifs is 4. The minimum atomic E-state index is 1.17. The van der Waals surface area contributed by atoms with E-state index in [1.807, 2.05) is 0 Å². The minimum Gasteiger partial charge on any atom is -0.351 e. The van der Waals surface area contributed by atoms with E-state index in [2.05, 4.69) is 113 Å². The number of rotatable bonds is 2. The third-order valence-electron chi connectivity index (χ3n) is 5.00. The summed E-state index contributed by atoms with van der Waals surface area (Å²) < 4.78 is 2.16. The molecular weight excluding hydrogens is 318 g/mol. The van der Waals surface area contributed by atoms with Gasteiger partial charge in [0.1, 0.15) is 0 Å². The predicted molar refractivity (Wildman–Crippen MR) is 111 cm³/mol. The van der Waals surface area contributed by atoms with Crippen LogP contribution in [0.1, 0.15) is 5.56 Å². The topological polar surface area (TPSA) is 20.2 Å². The molecule has 0 unspecified atom stereocenters. The molecule has 0 spiro atoms. The van der Waals surface area contributed by atoms with Crippen molar-refractivity contribution in [1.29, 1.82) is 0 Å². The number of nitrogens with one attached hydrogen (secondary N) is 1. The summed E-state index contributed by atoms with van der Waals surface area (Å²) in [5.74, 6) is 0. The molecule has 0 bridgehead atoms. The van der Waals surface area contributed by atoms with Crippen molar-refractivity contribution in [2.75, 3.05) is 17.4 Å². The summed E-state index contributed by atoms with van der Waals surface area (Å²) in [6.45, 7) is 0. The lowest BCUT2D eigenvalue weighted by atomic mass is 10.0. The Labute approximate surface area is 152 Å². The normalized spacial score (nSPS) is 15.0. The van der Waals surface area contributed by atoms with E-state index in [0.29, 0.717) is 0 Å². The van der Waals surface area contributed by atoms with E-state index >= 15 is 0 Å². The molecule has 0 aliphatic carbocycles. The highest BCUT2D eigenvalue weighted by atomic mass is 15.4. The second-order valence-corrected chi connectivity index (χ2v) is 6.54. The van der Waals surface area contributed by atoms with Crippen LogP contribution in [-0.4, -0.2) is 11.7 Å². The molecule has 1 aliphatic rings. The molecule has 3 nitrogen and oxygen atoms in total. The molecule has 1 aliphatic heterocycles. The maximum Gasteiger partial charge on any atom is 0.0709 e. The van der Waals surface area contributed by atoms with Crippen LogP contribution in [0.5, 0.6) is 0 Å². The first-order valence-corrected chi connectivity index (χ1v) is 8.78. The molecule has 0 amide bonds. The van der Waals surface area contributed by atoms with Gasteiger partial charge in [0, 0.05) is 47.0 Å². The average molecular weight is 337 g/mol. The Kier molecular flexibility index (Phi) is 3.32. The fourth-order valence-electron chi connectivity index (χ4n) is 3.71. The Morgan fingerprint density at radius 1 is 0.769 bits per heavy atom. The lowest BCUT2D eigenvalue weighted by molar-refractivity contribution is 1.05. The molecule has 0 fully saturated rings. The molecule has 5 rings (SSSR count). The Bertz CT molecular complexity index is 1130. The van der Waals surface area contributed by atoms with Gasteiger partial charge in [-0.3, -0.25) is 4.68 Å². The molecule has 26 heavy (non-hydrogen) atoms. The first kappa shape index (κ1) is 14.8. The number of aromatic nitrogens is 1. The highest BCUT2D eigenvalue weighted by Gasteiger charge is 2.13. The summed E-state index contributed by atoms with van der Waals surface area (Å²) >= 11 is 0. The number of hydrogen-bond donors (Lipinski definition) is 1. The van der Waals surface area contributed by atoms with Gasteiger partial charge in [-0.25, -0.2) is 0 Å². The van der Waals surface area contributed by atoms with Crippen molar-refractivity contribution in [3.05, 3.63) is 96.8 Å². The maximum atomic E-state index is 3.52. The van der Waals surface area contributed by atoms with Crippen LogP contribution in [0.25, 0.3) is 27.4 Å². The minimum absolute atomic E-state index is 1.17. The Morgan fingerprint density at radius 2 is 1.38 bits per heavy atom. The first-order valence-electron chi connectivity index (χ1n) is 8.78. The fraction of sp³-hybridized carbons (Fsp3) is 0.0435. The highest BCUT2D eigenvalue weighted by Crippen LogP contribution is 2.32. The van der Waals surface area contributed by atoms with Crippen LogP contribution in [0.4, 0.5) is 5.69 Å². The molecule has 3 heteroatoms. The molecule has 0 saturated heterocycles. The van der Waals surface area contributed by atoms with Gasteiger partial charge in [-0.05, 0) is 24.3 Å². The fourth-order valence-corrected chi connectivity index (χ4v) is 3.71. The molecule has 0 atom stereocenters. The largest absolute Gasteiger partial charge is 0.351 e. The number of allylic oxidation sites excluding steroid dienone is 2. The van der Waals surface area contributed by atoms with E-state index in [1.54, 1.807) is 0 Å². The van der Waals surface area contributed by atoms with Gasteiger partial charge in [-0.1, -0.05) is 54.6 Å². The zero-order valence-electron chi connectivity index (χ0n) is 14.6. The molecule has 0 saturated carbocycles. The smallest absolute Gasteiger partial charge is 0.0709 e. The summed E-state index contributed by atoms with van der Waals surface area (Å²) in [6, 6.07) is 25.5. The number of hydrogen-bond acceptors (Lipinski definition) is 2. The van der Waals surface area contributed by atoms with E-state index in [-0.39, 0.29) is 0 Å². The second-order valence-electron chi connectivity index (χ2n) is 6.54. The maximum absolute atomic E-state index is 3.52. The summed E-state index contributed by atoms with van der Waals surface area (Å²) in [5, 5.41) is 2.52. The lowest BCUT2D eigenvalue weighted by Crippen LogP contribution is -2.14. The Balaban J connectivity index is 1.64. The van der Waals surface area contributed by atoms with E-state index in [4.69, 9.17) is 0 Å². The highest BCUT2D eigenvalue weighted by molar-refractivity contribution is 6.08. The van der Waals surface area contributed by atoms with Gasteiger partial charge in [0.25, 0.3) is 0 Å². The van der Waals surface area contributed by atoms with Gasteiger partial charge in [0.2, 0.25) is 0 Å². The van der Waals surface area contributed by atoms with Gasteiger partial charge >= 0.3 is 0 Å². The molecule has 0 radical (unpaired) electrons. The quantitative estimate of drug-likeness (QED) is 0.532. The van der Waals surface area contributed by atoms with Crippen molar-refractivity contribution in [3.63, 3.8) is 0 Å². The average Bonchev–Trinajstić information content (AvgIpc) is 3.02. The van der Waals surface area contributed by atoms with Gasteiger partial charge < -0.3 is 10.3 Å². The molecular formula is C23H19N3. The van der Waals surface area contributed by atoms with Gasteiger partial charge in [0.15, 0.2) is 0 Å². The second kappa shape index (κ2) is 5.81. The van der Waals surface area contributed by atoms with Crippen molar-refractivity contribution in [1.82, 2.24) is 4.68 Å². The van der Waals surface area contributed by atoms with Crippen LogP contribution in [0.2, 0.25) is 0 Å². The van der Waals surface area contributed by atoms with Crippen LogP contribution in [-0.2, 0) is 0 Å². The number of para-hydroxylation sites is 3. The van der Waals surface area contributed by atoms with Crippen molar-refractivity contribution in [3.8, 4) is 0 Å². The van der Waals surface area contributed by atoms with Crippen molar-refractivity contribution in [2.24, 2.45) is 0 Å². The third kappa shape index (κ3) is 2.21. The summed E-state index contributed by atoms with van der Waals surface area (Å²) in [5.41, 5.74) is 9.48. The van der Waals surface area contributed by atoms with Crippen LogP contribution in [0.15, 0.2) is 91.3 Å². The summed E-state index contributed by atoms with van der Waals surface area (Å²) in [7, 11) is 2.08. The standard InChI is InChI=1S/C23H19N3/c1-25-15-14-17(18-8-2-5-11-21(18)25)16-24-26-22-12-6-3-9-19(22)20-10-4-7-13-23(20)26/h2-16,24H,1H3. The van der Waals surface area contributed by atoms with Crippen LogP contribution < -0.4 is 10.3 Å². The van der Waals surface area contributed by atoms with Crippen LogP contribution in [0.3, 0.4) is 0 Å². The van der Waals surface area contributed by atoms with Crippen LogP contribution >= 0.6 is 0 Å². The van der Waals surface area contributed by atoms with Gasteiger partial charge in [0.05, 0.1) is 11.0 Å². The van der Waals surface area contributed by atoms with E-state index < -0.39 is 0 Å².